The van der Waals surface area contributed by atoms with Gasteiger partial charge in [-0.2, -0.15) is 0 Å². The number of fused-ring (bicyclic) bond motifs is 4. The number of methoxy groups -OCH3 is 1. The number of amides is 1. The van der Waals surface area contributed by atoms with Crippen molar-refractivity contribution in [3.63, 3.8) is 0 Å². The molecule has 2 N–H and O–H groups in total. The van der Waals surface area contributed by atoms with E-state index in [2.05, 4.69) is 49.2 Å². The lowest BCUT2D eigenvalue weighted by molar-refractivity contribution is -0.120. The lowest BCUT2D eigenvalue weighted by Crippen LogP contribution is -2.65. The second kappa shape index (κ2) is 12.7. The molecule has 5 atom stereocenters. The van der Waals surface area contributed by atoms with Crippen molar-refractivity contribution in [1.29, 1.82) is 0 Å². The fraction of sp³-hybridized carbons (Fsp3) is 0.632. The fourth-order valence-electron chi connectivity index (χ4n) is 8.63. The van der Waals surface area contributed by atoms with Gasteiger partial charge in [-0.1, -0.05) is 38.8 Å². The molecule has 1 saturated heterocycles. The van der Waals surface area contributed by atoms with Gasteiger partial charge in [-0.15, -0.1) is 0 Å². The van der Waals surface area contributed by atoms with Crippen molar-refractivity contribution in [2.45, 2.75) is 109 Å². The number of aryl methyl sites for hydroxylation is 1. The first kappa shape index (κ1) is 36.5. The molecule has 1 aromatic heterocycles. The Hall–Kier alpha value is -3.32. The molecule has 0 spiro atoms. The van der Waals surface area contributed by atoms with E-state index in [0.717, 1.165) is 37.8 Å². The van der Waals surface area contributed by atoms with Crippen LogP contribution in [-0.4, -0.2) is 92.3 Å². The number of ether oxygens (including phenoxy) is 1. The number of carbonyl (C=O) groups is 3. The highest BCUT2D eigenvalue weighted by Gasteiger charge is 2.66. The Morgan fingerprint density at radius 1 is 1.16 bits per heavy atom. The van der Waals surface area contributed by atoms with Gasteiger partial charge in [0.1, 0.15) is 11.5 Å². The maximum Gasteiger partial charge on any atom is 0.241 e. The van der Waals surface area contributed by atoms with Crippen LogP contribution in [0.15, 0.2) is 21.9 Å². The Labute approximate surface area is 296 Å². The molecular formula is C38H54N4O7Si. The van der Waals surface area contributed by atoms with E-state index in [4.69, 9.17) is 13.7 Å². The Morgan fingerprint density at radius 3 is 2.50 bits per heavy atom. The molecule has 50 heavy (non-hydrogen) atoms. The summed E-state index contributed by atoms with van der Waals surface area (Å²) in [4.78, 5) is 47.7. The van der Waals surface area contributed by atoms with Gasteiger partial charge in [0.25, 0.3) is 0 Å². The van der Waals surface area contributed by atoms with E-state index >= 15 is 4.79 Å². The van der Waals surface area contributed by atoms with Crippen LogP contribution in [-0.2, 0) is 15.6 Å². The van der Waals surface area contributed by atoms with E-state index in [-0.39, 0.29) is 34.1 Å². The normalized spacial score (nSPS) is 27.4. The molecule has 0 radical (unpaired) electrons. The second-order valence-corrected chi connectivity index (χ2v) is 21.3. The minimum Gasteiger partial charge on any atom is -0.508 e. The number of allylic oxidation sites excluding steroid dienone is 1. The minimum atomic E-state index is -2.77. The largest absolute Gasteiger partial charge is 0.508 e. The lowest BCUT2D eigenvalue weighted by atomic mass is 9.58. The van der Waals surface area contributed by atoms with Gasteiger partial charge < -0.3 is 24.1 Å². The van der Waals surface area contributed by atoms with Gasteiger partial charge in [-0.25, -0.2) is 0 Å². The highest BCUT2D eigenvalue weighted by Crippen LogP contribution is 2.59. The molecule has 4 aliphatic rings. The van der Waals surface area contributed by atoms with Gasteiger partial charge in [-0.05, 0) is 96.8 Å². The van der Waals surface area contributed by atoms with Crippen molar-refractivity contribution in [3.8, 4) is 5.75 Å². The molecule has 1 aromatic carbocycles. The maximum absolute atomic E-state index is 15.0. The van der Waals surface area contributed by atoms with Crippen LogP contribution in [0.5, 0.6) is 5.75 Å². The van der Waals surface area contributed by atoms with E-state index in [1.807, 2.05) is 39.0 Å². The monoisotopic (exact) mass is 706 g/mol. The number of likely N-dealkylation sites (tertiary alicyclic amines) is 1. The number of hydrogen-bond donors (Lipinski definition) is 2. The first-order valence-electron chi connectivity index (χ1n) is 17.9. The molecule has 0 bridgehead atoms. The van der Waals surface area contributed by atoms with Crippen LogP contribution in [0, 0.1) is 25.7 Å². The number of aliphatic hydroxyl groups is 1. The zero-order valence-electron chi connectivity index (χ0n) is 31.6. The summed E-state index contributed by atoms with van der Waals surface area (Å²) < 4.78 is 18.9. The van der Waals surface area contributed by atoms with E-state index in [1.165, 1.54) is 0 Å². The lowest BCUT2D eigenvalue weighted by Gasteiger charge is -2.55. The van der Waals surface area contributed by atoms with Crippen LogP contribution in [0.1, 0.15) is 102 Å². The number of nitrogens with zero attached hydrogens (tertiary/aromatic N) is 3. The molecule has 3 aliphatic carbocycles. The SMILES string of the molecule is COc1cc(NC(=O)C2CCCCCN2C)c(C)c2c1C[C@H]1C[C@H]3[C@H](N(C)C)c4onc(C)c4C(=O)[C@@]3(O[Si](C)(C)C(C)(C)C)C(O)=C1C2=O. The second-order valence-electron chi connectivity index (χ2n) is 16.6. The first-order valence-corrected chi connectivity index (χ1v) is 20.9. The zero-order chi connectivity index (χ0) is 36.7. The van der Waals surface area contributed by atoms with Crippen LogP contribution >= 0.6 is 0 Å². The van der Waals surface area contributed by atoms with Crippen molar-refractivity contribution in [2.24, 2.45) is 11.8 Å². The summed E-state index contributed by atoms with van der Waals surface area (Å²) >= 11 is 0. The average molecular weight is 707 g/mol. The molecule has 2 aromatic rings. The van der Waals surface area contributed by atoms with E-state index in [1.54, 1.807) is 14.0 Å². The highest BCUT2D eigenvalue weighted by molar-refractivity contribution is 6.74. The predicted octanol–water partition coefficient (Wildman–Crippen LogP) is 6.56. The number of aliphatic hydroxyl groups excluding tert-OH is 1. The third-order valence-corrected chi connectivity index (χ3v) is 16.8. The van der Waals surface area contributed by atoms with Crippen molar-refractivity contribution in [3.05, 3.63) is 51.1 Å². The number of Topliss-reactive ketones (excluding diaryl/α,β-unsaturated/α-hetero) is 2. The summed E-state index contributed by atoms with van der Waals surface area (Å²) in [5, 5.41) is 19.7. The summed E-state index contributed by atoms with van der Waals surface area (Å²) in [5.74, 6) is -1.22. The molecule has 272 valence electrons. The van der Waals surface area contributed by atoms with Gasteiger partial charge in [-0.3, -0.25) is 24.2 Å². The zero-order valence-corrected chi connectivity index (χ0v) is 32.6. The number of rotatable bonds is 6. The van der Waals surface area contributed by atoms with Crippen molar-refractivity contribution in [2.75, 3.05) is 40.1 Å². The van der Waals surface area contributed by atoms with Gasteiger partial charge in [0.2, 0.25) is 11.7 Å². The molecule has 1 unspecified atom stereocenters. The van der Waals surface area contributed by atoms with Crippen LogP contribution in [0.2, 0.25) is 18.1 Å². The van der Waals surface area contributed by atoms with E-state index in [9.17, 15) is 14.7 Å². The van der Waals surface area contributed by atoms with Crippen molar-refractivity contribution >= 4 is 31.5 Å². The molecule has 6 rings (SSSR count). The summed E-state index contributed by atoms with van der Waals surface area (Å²) in [6.45, 7) is 14.8. The Bertz CT molecular complexity index is 1770. The molecular weight excluding hydrogens is 653 g/mol. The topological polar surface area (TPSA) is 134 Å². The summed E-state index contributed by atoms with van der Waals surface area (Å²) in [6.07, 6.45) is 4.68. The number of likely N-dealkylation sites (N-methyl/N-ethyl adjacent to an activating group) is 1. The molecule has 11 nitrogen and oxygen atoms in total. The predicted molar refractivity (Wildman–Crippen MR) is 194 cm³/mol. The number of hydrogen-bond acceptors (Lipinski definition) is 10. The Kier molecular flexibility index (Phi) is 9.27. The van der Waals surface area contributed by atoms with Gasteiger partial charge in [0.15, 0.2) is 25.5 Å². The van der Waals surface area contributed by atoms with Crippen molar-refractivity contribution < 1.29 is 33.2 Å². The maximum atomic E-state index is 15.0. The van der Waals surface area contributed by atoms with Crippen molar-refractivity contribution in [1.82, 2.24) is 15.0 Å². The molecule has 12 heteroatoms. The van der Waals surface area contributed by atoms with Crippen LogP contribution in [0.25, 0.3) is 0 Å². The Balaban J connectivity index is 1.53. The van der Waals surface area contributed by atoms with E-state index < -0.39 is 37.6 Å². The summed E-state index contributed by atoms with van der Waals surface area (Å²) in [6, 6.07) is 1.09. The standard InChI is InChI=1S/C38H54N4O7Si/c1-20-25(39-36(46)26-15-13-12-14-16-42(26)8)19-27(47-9)23-17-22-18-24-31(41(6)7)33-29(21(2)40-48-33)34(44)38(24,49-50(10,11)37(3,4)5)35(45)30(22)32(43)28(20)23/h19,22,24,26,31,45H,12-18H2,1-11H3,(H,39,46)/t22-,24-,26?,31-,38+/m0/s1. The summed E-state index contributed by atoms with van der Waals surface area (Å²) in [5.41, 5.74) is 1.35. The summed E-state index contributed by atoms with van der Waals surface area (Å²) in [7, 11) is 4.62. The number of anilines is 1. The molecule has 1 fully saturated rings. The van der Waals surface area contributed by atoms with Gasteiger partial charge >= 0.3 is 0 Å². The van der Waals surface area contributed by atoms with Crippen LogP contribution in [0.3, 0.4) is 0 Å². The van der Waals surface area contributed by atoms with Crippen LogP contribution < -0.4 is 10.1 Å². The number of carbonyl (C=O) groups excluding carboxylic acids is 3. The van der Waals surface area contributed by atoms with Crippen LogP contribution in [0.4, 0.5) is 5.69 Å². The molecule has 2 heterocycles. The van der Waals surface area contributed by atoms with Gasteiger partial charge in [0, 0.05) is 34.4 Å². The molecule has 0 saturated carbocycles. The average Bonchev–Trinajstić information content (AvgIpc) is 3.26. The first-order chi connectivity index (χ1) is 23.4. The highest BCUT2D eigenvalue weighted by atomic mass is 28.4. The third kappa shape index (κ3) is 5.48. The third-order valence-electron chi connectivity index (χ3n) is 12.3. The minimum absolute atomic E-state index is 0.118. The Morgan fingerprint density at radius 2 is 1.86 bits per heavy atom. The molecule has 1 amide bonds. The number of ketones is 2. The smallest absolute Gasteiger partial charge is 0.241 e. The quantitative estimate of drug-likeness (QED) is 0.318. The number of benzene rings is 1. The van der Waals surface area contributed by atoms with E-state index in [0.29, 0.717) is 52.4 Å². The number of nitrogens with one attached hydrogen (secondary N) is 1. The molecule has 1 aliphatic heterocycles. The van der Waals surface area contributed by atoms with Gasteiger partial charge in [0.05, 0.1) is 30.5 Å². The fourth-order valence-corrected chi connectivity index (χ4v) is 10.1. The number of aromatic nitrogens is 1.